The van der Waals surface area contributed by atoms with E-state index in [0.29, 0.717) is 32.7 Å². The molecule has 0 aromatic rings. The number of ether oxygens (including phenoxy) is 2. The number of methoxy groups -OCH3 is 2. The van der Waals surface area contributed by atoms with Crippen molar-refractivity contribution >= 4 is 12.0 Å². The fraction of sp³-hybridized carbons (Fsp3) is 0.846. The van der Waals surface area contributed by atoms with Gasteiger partial charge in [0.15, 0.2) is 0 Å². The summed E-state index contributed by atoms with van der Waals surface area (Å²) in [6.45, 7) is 3.69. The van der Waals surface area contributed by atoms with Gasteiger partial charge >= 0.3 is 12.0 Å². The first-order valence-corrected chi connectivity index (χ1v) is 6.80. The van der Waals surface area contributed by atoms with E-state index in [0.717, 1.165) is 6.42 Å². The minimum Gasteiger partial charge on any atom is -0.481 e. The van der Waals surface area contributed by atoms with Crippen LogP contribution in [-0.2, 0) is 14.3 Å². The molecule has 0 rings (SSSR count). The fourth-order valence-corrected chi connectivity index (χ4v) is 1.77. The Kier molecular flexibility index (Phi) is 10.7. The van der Waals surface area contributed by atoms with Gasteiger partial charge in [0.05, 0.1) is 19.6 Å². The molecule has 0 bridgehead atoms. The molecule has 20 heavy (non-hydrogen) atoms. The highest BCUT2D eigenvalue weighted by Gasteiger charge is 2.19. The van der Waals surface area contributed by atoms with Gasteiger partial charge in [-0.3, -0.25) is 4.79 Å². The molecule has 0 saturated carbocycles. The van der Waals surface area contributed by atoms with Gasteiger partial charge in [0, 0.05) is 33.4 Å². The summed E-state index contributed by atoms with van der Waals surface area (Å²) in [7, 11) is 3.13. The van der Waals surface area contributed by atoms with Crippen LogP contribution in [0.3, 0.4) is 0 Å². The molecule has 0 aliphatic carbocycles. The summed E-state index contributed by atoms with van der Waals surface area (Å²) in [5.74, 6) is -0.913. The number of carboxylic acids is 1. The molecule has 0 heterocycles. The highest BCUT2D eigenvalue weighted by molar-refractivity contribution is 5.76. The van der Waals surface area contributed by atoms with Crippen molar-refractivity contribution in [3.8, 4) is 0 Å². The summed E-state index contributed by atoms with van der Waals surface area (Å²) in [6.07, 6.45) is 1.39. The Balaban J connectivity index is 4.46. The number of hydrogen-bond acceptors (Lipinski definition) is 4. The van der Waals surface area contributed by atoms with Crippen molar-refractivity contribution < 1.29 is 24.2 Å². The summed E-state index contributed by atoms with van der Waals surface area (Å²) in [6, 6.07) is -0.628. The lowest BCUT2D eigenvalue weighted by Crippen LogP contribution is -2.47. The van der Waals surface area contributed by atoms with E-state index in [-0.39, 0.29) is 18.5 Å². The van der Waals surface area contributed by atoms with E-state index in [2.05, 4.69) is 5.32 Å². The van der Waals surface area contributed by atoms with E-state index in [4.69, 9.17) is 14.6 Å². The molecule has 0 fully saturated rings. The number of rotatable bonds is 11. The number of nitrogens with zero attached hydrogens (tertiary/aromatic N) is 1. The zero-order valence-corrected chi connectivity index (χ0v) is 12.6. The number of aliphatic carboxylic acids is 1. The summed E-state index contributed by atoms with van der Waals surface area (Å²) < 4.78 is 9.93. The number of carbonyl (C=O) groups excluding carboxylic acids is 1. The Morgan fingerprint density at radius 2 is 1.75 bits per heavy atom. The number of amides is 2. The molecule has 118 valence electrons. The smallest absolute Gasteiger partial charge is 0.317 e. The standard InChI is InChI=1S/C13H26N2O5/c1-4-5-11(10-12(16)17)14-13(18)15(6-8-19-2)7-9-20-3/h11H,4-10H2,1-3H3,(H,14,18)(H,16,17). The second-order valence-electron chi connectivity index (χ2n) is 4.51. The quantitative estimate of drug-likeness (QED) is 0.591. The highest BCUT2D eigenvalue weighted by atomic mass is 16.5. The van der Waals surface area contributed by atoms with Crippen LogP contribution in [-0.4, -0.2) is 68.6 Å². The van der Waals surface area contributed by atoms with Crippen LogP contribution in [0, 0.1) is 0 Å². The number of hydrogen-bond donors (Lipinski definition) is 2. The summed E-state index contributed by atoms with van der Waals surface area (Å²) in [4.78, 5) is 24.5. The predicted molar refractivity (Wildman–Crippen MR) is 74.8 cm³/mol. The average Bonchev–Trinajstić information content (AvgIpc) is 2.38. The maximum absolute atomic E-state index is 12.1. The lowest BCUT2D eigenvalue weighted by Gasteiger charge is -2.25. The van der Waals surface area contributed by atoms with Crippen LogP contribution in [0.4, 0.5) is 4.79 Å². The van der Waals surface area contributed by atoms with Crippen molar-refractivity contribution in [3.63, 3.8) is 0 Å². The van der Waals surface area contributed by atoms with Gasteiger partial charge in [0.2, 0.25) is 0 Å². The van der Waals surface area contributed by atoms with Gasteiger partial charge in [-0.25, -0.2) is 4.79 Å². The second-order valence-corrected chi connectivity index (χ2v) is 4.51. The molecule has 2 N–H and O–H groups in total. The highest BCUT2D eigenvalue weighted by Crippen LogP contribution is 2.03. The van der Waals surface area contributed by atoms with Crippen LogP contribution in [0.15, 0.2) is 0 Å². The van der Waals surface area contributed by atoms with Gasteiger partial charge in [-0.2, -0.15) is 0 Å². The average molecular weight is 290 g/mol. The van der Waals surface area contributed by atoms with E-state index in [1.807, 2.05) is 6.92 Å². The number of urea groups is 1. The molecular weight excluding hydrogens is 264 g/mol. The Bertz CT molecular complexity index is 278. The van der Waals surface area contributed by atoms with Crippen LogP contribution in [0.5, 0.6) is 0 Å². The summed E-state index contributed by atoms with van der Waals surface area (Å²) in [5.41, 5.74) is 0. The van der Waals surface area contributed by atoms with Crippen molar-refractivity contribution in [2.45, 2.75) is 32.2 Å². The van der Waals surface area contributed by atoms with Crippen molar-refractivity contribution in [2.75, 3.05) is 40.5 Å². The molecular formula is C13H26N2O5. The topological polar surface area (TPSA) is 88.1 Å². The SMILES string of the molecule is CCCC(CC(=O)O)NC(=O)N(CCOC)CCOC. The Labute approximate surface area is 120 Å². The Hall–Kier alpha value is -1.34. The first-order valence-electron chi connectivity index (χ1n) is 6.80. The van der Waals surface area contributed by atoms with Gasteiger partial charge in [-0.05, 0) is 6.42 Å². The molecule has 0 radical (unpaired) electrons. The lowest BCUT2D eigenvalue weighted by atomic mass is 10.1. The predicted octanol–water partition coefficient (Wildman–Crippen LogP) is 0.934. The van der Waals surface area contributed by atoms with Gasteiger partial charge in [-0.1, -0.05) is 13.3 Å². The van der Waals surface area contributed by atoms with Crippen molar-refractivity contribution in [1.29, 1.82) is 0 Å². The molecule has 0 aliphatic heterocycles. The minimum absolute atomic E-state index is 0.0675. The third-order valence-electron chi connectivity index (χ3n) is 2.80. The maximum Gasteiger partial charge on any atom is 0.317 e. The lowest BCUT2D eigenvalue weighted by molar-refractivity contribution is -0.137. The van der Waals surface area contributed by atoms with Crippen LogP contribution in [0.25, 0.3) is 0 Å². The summed E-state index contributed by atoms with van der Waals surface area (Å²) in [5, 5.41) is 11.6. The van der Waals surface area contributed by atoms with E-state index >= 15 is 0 Å². The van der Waals surface area contributed by atoms with Gasteiger partial charge < -0.3 is 24.8 Å². The molecule has 7 heteroatoms. The monoisotopic (exact) mass is 290 g/mol. The molecule has 1 unspecified atom stereocenters. The van der Waals surface area contributed by atoms with E-state index in [9.17, 15) is 9.59 Å². The van der Waals surface area contributed by atoms with Crippen LogP contribution >= 0.6 is 0 Å². The molecule has 0 aliphatic rings. The molecule has 2 amide bonds. The molecule has 1 atom stereocenters. The number of carboxylic acid groups (broad SMARTS) is 1. The Morgan fingerprint density at radius 3 is 2.15 bits per heavy atom. The normalized spacial score (nSPS) is 11.9. The van der Waals surface area contributed by atoms with Gasteiger partial charge in [-0.15, -0.1) is 0 Å². The summed E-state index contributed by atoms with van der Waals surface area (Å²) >= 11 is 0. The van der Waals surface area contributed by atoms with E-state index in [1.165, 1.54) is 0 Å². The minimum atomic E-state index is -0.913. The Morgan fingerprint density at radius 1 is 1.20 bits per heavy atom. The fourth-order valence-electron chi connectivity index (χ4n) is 1.77. The van der Waals surface area contributed by atoms with Crippen LogP contribution in [0.2, 0.25) is 0 Å². The second kappa shape index (κ2) is 11.5. The molecule has 7 nitrogen and oxygen atoms in total. The molecule has 0 aromatic carbocycles. The zero-order valence-electron chi connectivity index (χ0n) is 12.6. The van der Waals surface area contributed by atoms with E-state index < -0.39 is 5.97 Å². The van der Waals surface area contributed by atoms with Gasteiger partial charge in [0.25, 0.3) is 0 Å². The molecule has 0 saturated heterocycles. The zero-order chi connectivity index (χ0) is 15.4. The van der Waals surface area contributed by atoms with Crippen molar-refractivity contribution in [3.05, 3.63) is 0 Å². The van der Waals surface area contributed by atoms with Crippen molar-refractivity contribution in [2.24, 2.45) is 0 Å². The molecule has 0 spiro atoms. The maximum atomic E-state index is 12.1. The molecule has 0 aromatic heterocycles. The first-order chi connectivity index (χ1) is 9.54. The third-order valence-corrected chi connectivity index (χ3v) is 2.80. The van der Waals surface area contributed by atoms with Gasteiger partial charge in [0.1, 0.15) is 0 Å². The van der Waals surface area contributed by atoms with E-state index in [1.54, 1.807) is 19.1 Å². The first kappa shape index (κ1) is 18.7. The number of carbonyl (C=O) groups is 2. The van der Waals surface area contributed by atoms with Crippen molar-refractivity contribution in [1.82, 2.24) is 10.2 Å². The van der Waals surface area contributed by atoms with Crippen LogP contribution in [0.1, 0.15) is 26.2 Å². The number of nitrogens with one attached hydrogen (secondary N) is 1. The largest absolute Gasteiger partial charge is 0.481 e. The van der Waals surface area contributed by atoms with Crippen LogP contribution < -0.4 is 5.32 Å². The third kappa shape index (κ3) is 8.71.